The molecule has 0 saturated heterocycles. The molecule has 6 rings (SSSR count). The van der Waals surface area contributed by atoms with Crippen LogP contribution in [-0.4, -0.2) is 21.1 Å². The number of methoxy groups -OCH3 is 1. The Labute approximate surface area is 221 Å². The number of aryl methyl sites for hydroxylation is 2. The molecule has 1 aliphatic heterocycles. The van der Waals surface area contributed by atoms with Crippen molar-refractivity contribution in [2.45, 2.75) is 25.8 Å². The monoisotopic (exact) mass is 511 g/mol. The van der Waals surface area contributed by atoms with E-state index < -0.39 is 0 Å². The molecule has 1 N–H and O–H groups in total. The molecule has 180 valence electrons. The fourth-order valence-corrected chi connectivity index (χ4v) is 5.71. The molecule has 0 spiro atoms. The molecule has 0 amide bonds. The SMILES string of the molecule is COc1cccc(NC(=S)c2c(-c3ccccc3)c3c4n(c(-c5ccc(Cl)cc5)cn24)CCCC3)c1. The molecule has 3 heterocycles. The molecule has 0 bridgehead atoms. The normalized spacial score (nSPS) is 12.9. The van der Waals surface area contributed by atoms with E-state index in [9.17, 15) is 0 Å². The Hall–Kier alpha value is -3.54. The second-order valence-corrected chi connectivity index (χ2v) is 9.92. The minimum Gasteiger partial charge on any atom is -0.497 e. The zero-order valence-corrected chi connectivity index (χ0v) is 21.6. The van der Waals surface area contributed by atoms with E-state index in [1.807, 2.05) is 36.4 Å². The van der Waals surface area contributed by atoms with Gasteiger partial charge in [-0.1, -0.05) is 72.3 Å². The Morgan fingerprint density at radius 2 is 1.75 bits per heavy atom. The van der Waals surface area contributed by atoms with Crippen molar-refractivity contribution in [2.75, 3.05) is 12.4 Å². The van der Waals surface area contributed by atoms with Gasteiger partial charge in [-0.2, -0.15) is 0 Å². The summed E-state index contributed by atoms with van der Waals surface area (Å²) in [5.74, 6) is 0.789. The van der Waals surface area contributed by atoms with Gasteiger partial charge >= 0.3 is 0 Å². The van der Waals surface area contributed by atoms with Gasteiger partial charge in [-0.3, -0.25) is 4.40 Å². The van der Waals surface area contributed by atoms with Crippen LogP contribution < -0.4 is 10.1 Å². The van der Waals surface area contributed by atoms with Crippen LogP contribution in [0.3, 0.4) is 0 Å². The summed E-state index contributed by atoms with van der Waals surface area (Å²) in [6.45, 7) is 0.967. The summed E-state index contributed by atoms with van der Waals surface area (Å²) < 4.78 is 10.2. The molecule has 3 aromatic carbocycles. The van der Waals surface area contributed by atoms with Crippen molar-refractivity contribution in [3.8, 4) is 28.1 Å². The summed E-state index contributed by atoms with van der Waals surface area (Å²) >= 11 is 12.3. The maximum atomic E-state index is 6.20. The first-order chi connectivity index (χ1) is 17.6. The first kappa shape index (κ1) is 22.9. The Morgan fingerprint density at radius 1 is 0.944 bits per heavy atom. The number of anilines is 1. The van der Waals surface area contributed by atoms with Gasteiger partial charge in [0.25, 0.3) is 0 Å². The molecule has 5 aromatic rings. The predicted molar refractivity (Wildman–Crippen MR) is 153 cm³/mol. The lowest BCUT2D eigenvalue weighted by Crippen LogP contribution is -2.14. The number of nitrogens with one attached hydrogen (secondary N) is 1. The van der Waals surface area contributed by atoms with E-state index in [1.54, 1.807) is 7.11 Å². The lowest BCUT2D eigenvalue weighted by molar-refractivity contribution is 0.415. The topological polar surface area (TPSA) is 30.6 Å². The molecular formula is C30H26ClN3OS. The standard InChI is InChI=1S/C30H26ClN3OS/c1-35-24-11-7-10-23(18-24)32-29(36)28-27(21-8-3-2-4-9-21)25-12-5-6-17-33-26(19-34(28)30(25)33)20-13-15-22(31)16-14-20/h2-4,7-11,13-16,18-19H,5-6,12,17H2,1H3,(H,32,36). The number of nitrogens with zero attached hydrogens (tertiary/aromatic N) is 2. The number of hydrogen-bond acceptors (Lipinski definition) is 2. The van der Waals surface area contributed by atoms with E-state index in [1.165, 1.54) is 28.0 Å². The first-order valence-electron chi connectivity index (χ1n) is 12.2. The lowest BCUT2D eigenvalue weighted by Gasteiger charge is -2.13. The van der Waals surface area contributed by atoms with Crippen LogP contribution >= 0.6 is 23.8 Å². The number of ether oxygens (including phenoxy) is 1. The molecule has 0 radical (unpaired) electrons. The maximum Gasteiger partial charge on any atom is 0.128 e. The summed E-state index contributed by atoms with van der Waals surface area (Å²) in [5, 5.41) is 4.23. The van der Waals surface area contributed by atoms with E-state index in [-0.39, 0.29) is 0 Å². The Morgan fingerprint density at radius 3 is 2.53 bits per heavy atom. The van der Waals surface area contributed by atoms with Gasteiger partial charge in [0.2, 0.25) is 0 Å². The van der Waals surface area contributed by atoms with E-state index >= 15 is 0 Å². The van der Waals surface area contributed by atoms with Crippen molar-refractivity contribution >= 4 is 40.1 Å². The summed E-state index contributed by atoms with van der Waals surface area (Å²) in [5.41, 5.74) is 9.21. The second-order valence-electron chi connectivity index (χ2n) is 9.08. The van der Waals surface area contributed by atoms with Gasteiger partial charge in [-0.05, 0) is 54.7 Å². The largest absolute Gasteiger partial charge is 0.497 e. The van der Waals surface area contributed by atoms with E-state index in [2.05, 4.69) is 62.9 Å². The molecule has 6 heteroatoms. The zero-order valence-electron chi connectivity index (χ0n) is 20.0. The average molecular weight is 512 g/mol. The van der Waals surface area contributed by atoms with Crippen LogP contribution in [-0.2, 0) is 13.0 Å². The van der Waals surface area contributed by atoms with E-state index in [0.717, 1.165) is 53.5 Å². The number of benzene rings is 3. The molecule has 36 heavy (non-hydrogen) atoms. The third-order valence-electron chi connectivity index (χ3n) is 6.88. The van der Waals surface area contributed by atoms with Gasteiger partial charge in [0.1, 0.15) is 16.4 Å². The molecule has 1 aliphatic rings. The molecule has 2 aromatic heterocycles. The summed E-state index contributed by atoms with van der Waals surface area (Å²) in [6.07, 6.45) is 5.51. The molecule has 4 nitrogen and oxygen atoms in total. The minimum atomic E-state index is 0.684. The molecule has 0 aliphatic carbocycles. The molecular weight excluding hydrogens is 486 g/mol. The van der Waals surface area contributed by atoms with Crippen LogP contribution in [0.2, 0.25) is 5.02 Å². The fraction of sp³-hybridized carbons (Fsp3) is 0.167. The summed E-state index contributed by atoms with van der Waals surface area (Å²) in [7, 11) is 1.67. The summed E-state index contributed by atoms with van der Waals surface area (Å²) in [4.78, 5) is 0.684. The van der Waals surface area contributed by atoms with Gasteiger partial charge in [-0.25, -0.2) is 0 Å². The highest BCUT2D eigenvalue weighted by atomic mass is 35.5. The predicted octanol–water partition coefficient (Wildman–Crippen LogP) is 7.86. The lowest BCUT2D eigenvalue weighted by atomic mass is 9.98. The second kappa shape index (κ2) is 9.49. The zero-order chi connectivity index (χ0) is 24.6. The molecule has 0 atom stereocenters. The van der Waals surface area contributed by atoms with Gasteiger partial charge < -0.3 is 14.6 Å². The third kappa shape index (κ3) is 3.98. The highest BCUT2D eigenvalue weighted by Crippen LogP contribution is 2.40. The van der Waals surface area contributed by atoms with Crippen LogP contribution in [0.1, 0.15) is 24.1 Å². The Kier molecular flexibility index (Phi) is 6.04. The highest BCUT2D eigenvalue weighted by molar-refractivity contribution is 7.81. The number of hydrogen-bond donors (Lipinski definition) is 1. The van der Waals surface area contributed by atoms with Crippen molar-refractivity contribution in [1.29, 1.82) is 0 Å². The van der Waals surface area contributed by atoms with Crippen molar-refractivity contribution < 1.29 is 4.74 Å². The van der Waals surface area contributed by atoms with Gasteiger partial charge in [-0.15, -0.1) is 0 Å². The van der Waals surface area contributed by atoms with Crippen molar-refractivity contribution in [3.63, 3.8) is 0 Å². The molecule has 0 fully saturated rings. The van der Waals surface area contributed by atoms with Crippen LogP contribution in [0.25, 0.3) is 28.0 Å². The number of rotatable bonds is 5. The van der Waals surface area contributed by atoms with Crippen LogP contribution in [0.15, 0.2) is 85.1 Å². The van der Waals surface area contributed by atoms with Crippen molar-refractivity contribution in [1.82, 2.24) is 8.97 Å². The Bertz CT molecular complexity index is 1570. The minimum absolute atomic E-state index is 0.684. The average Bonchev–Trinajstić information content (AvgIpc) is 3.32. The highest BCUT2D eigenvalue weighted by Gasteiger charge is 2.28. The van der Waals surface area contributed by atoms with Gasteiger partial charge in [0, 0.05) is 40.6 Å². The maximum absolute atomic E-state index is 6.20. The fourth-order valence-electron chi connectivity index (χ4n) is 5.27. The van der Waals surface area contributed by atoms with Crippen LogP contribution in [0.4, 0.5) is 5.69 Å². The van der Waals surface area contributed by atoms with Crippen molar-refractivity contribution in [3.05, 3.63) is 101 Å². The number of aromatic nitrogens is 2. The quantitative estimate of drug-likeness (QED) is 0.244. The third-order valence-corrected chi connectivity index (χ3v) is 7.43. The number of halogens is 1. The van der Waals surface area contributed by atoms with Gasteiger partial charge in [0.15, 0.2) is 0 Å². The molecule has 0 unspecified atom stereocenters. The first-order valence-corrected chi connectivity index (χ1v) is 13.0. The number of imidazole rings is 1. The Balaban J connectivity index is 1.58. The van der Waals surface area contributed by atoms with E-state index in [4.69, 9.17) is 28.6 Å². The number of thiocarbonyl (C=S) groups is 1. The van der Waals surface area contributed by atoms with Crippen LogP contribution in [0, 0.1) is 0 Å². The summed E-state index contributed by atoms with van der Waals surface area (Å²) in [6, 6.07) is 26.6. The smallest absolute Gasteiger partial charge is 0.128 e. The molecule has 0 saturated carbocycles. The van der Waals surface area contributed by atoms with E-state index in [0.29, 0.717) is 4.99 Å². The van der Waals surface area contributed by atoms with Crippen LogP contribution in [0.5, 0.6) is 5.75 Å². The van der Waals surface area contributed by atoms with Gasteiger partial charge in [0.05, 0.1) is 18.5 Å². The van der Waals surface area contributed by atoms with Crippen molar-refractivity contribution in [2.24, 2.45) is 0 Å².